The fraction of sp³-hybridized carbons (Fsp3) is 0.500. The average Bonchev–Trinajstić information content (AvgIpc) is 2.80. The second kappa shape index (κ2) is 10.4. The van der Waals surface area contributed by atoms with Crippen LogP contribution in [0.1, 0.15) is 31.9 Å². The smallest absolute Gasteiger partial charge is 0.191 e. The first-order chi connectivity index (χ1) is 14.5. The molecule has 0 radical (unpaired) electrons. The molecule has 1 aromatic heterocycles. The molecule has 0 unspecified atom stereocenters. The zero-order valence-corrected chi connectivity index (χ0v) is 18.9. The molecule has 1 aromatic carbocycles. The lowest BCUT2D eigenvalue weighted by molar-refractivity contribution is 0.270. The summed E-state index contributed by atoms with van der Waals surface area (Å²) in [4.78, 5) is 13.9. The Morgan fingerprint density at radius 2 is 1.77 bits per heavy atom. The molecule has 0 aliphatic carbocycles. The zero-order chi connectivity index (χ0) is 21.4. The van der Waals surface area contributed by atoms with Gasteiger partial charge in [-0.05, 0) is 23.7 Å². The largest absolute Gasteiger partial charge is 0.356 e. The number of anilines is 1. The molecular weight excluding hydrogens is 372 g/mol. The molecule has 30 heavy (non-hydrogen) atoms. The van der Waals surface area contributed by atoms with E-state index in [9.17, 15) is 0 Å². The van der Waals surface area contributed by atoms with Gasteiger partial charge in [0.25, 0.3) is 0 Å². The van der Waals surface area contributed by atoms with Gasteiger partial charge in [-0.15, -0.1) is 0 Å². The molecule has 1 saturated heterocycles. The van der Waals surface area contributed by atoms with Crippen molar-refractivity contribution in [2.75, 3.05) is 51.2 Å². The highest BCUT2D eigenvalue weighted by Crippen LogP contribution is 2.21. The van der Waals surface area contributed by atoms with E-state index in [0.29, 0.717) is 6.54 Å². The number of piperazine rings is 1. The van der Waals surface area contributed by atoms with E-state index in [2.05, 4.69) is 93.6 Å². The fourth-order valence-electron chi connectivity index (χ4n) is 3.70. The van der Waals surface area contributed by atoms with E-state index in [1.165, 1.54) is 5.56 Å². The summed E-state index contributed by atoms with van der Waals surface area (Å²) < 4.78 is 0. The van der Waals surface area contributed by atoms with Crippen molar-refractivity contribution in [2.45, 2.75) is 32.7 Å². The second-order valence-electron chi connectivity index (χ2n) is 8.48. The highest BCUT2D eigenvalue weighted by molar-refractivity contribution is 5.79. The van der Waals surface area contributed by atoms with Crippen LogP contribution in [0, 0.1) is 0 Å². The van der Waals surface area contributed by atoms with E-state index in [1.54, 1.807) is 0 Å². The summed E-state index contributed by atoms with van der Waals surface area (Å²) in [6.07, 6.45) is 1.97. The van der Waals surface area contributed by atoms with Gasteiger partial charge < -0.3 is 20.4 Å². The number of nitrogens with one attached hydrogen (secondary N) is 2. The molecule has 0 saturated carbocycles. The molecule has 1 aliphatic rings. The Labute approximate surface area is 181 Å². The Morgan fingerprint density at radius 3 is 2.37 bits per heavy atom. The van der Waals surface area contributed by atoms with Gasteiger partial charge in [0, 0.05) is 57.9 Å². The molecule has 1 aliphatic heterocycles. The van der Waals surface area contributed by atoms with E-state index < -0.39 is 0 Å². The molecule has 1 fully saturated rings. The van der Waals surface area contributed by atoms with Gasteiger partial charge in [0.2, 0.25) is 0 Å². The van der Waals surface area contributed by atoms with E-state index in [4.69, 9.17) is 0 Å². The Kier molecular flexibility index (Phi) is 7.69. The van der Waals surface area contributed by atoms with E-state index in [0.717, 1.165) is 56.6 Å². The Bertz CT molecular complexity index is 792. The third kappa shape index (κ3) is 5.95. The highest BCUT2D eigenvalue weighted by atomic mass is 15.3. The lowest BCUT2D eigenvalue weighted by Crippen LogP contribution is -2.46. The van der Waals surface area contributed by atoms with E-state index >= 15 is 0 Å². The van der Waals surface area contributed by atoms with Crippen LogP contribution in [0.25, 0.3) is 0 Å². The molecule has 0 spiro atoms. The number of hydrogen-bond acceptors (Lipinski definition) is 4. The normalized spacial score (nSPS) is 15.9. The number of benzene rings is 1. The summed E-state index contributed by atoms with van der Waals surface area (Å²) in [6, 6.07) is 14.9. The Morgan fingerprint density at radius 1 is 1.03 bits per heavy atom. The molecular formula is C24H36N6. The highest BCUT2D eigenvalue weighted by Gasteiger charge is 2.20. The second-order valence-corrected chi connectivity index (χ2v) is 8.48. The first-order valence-corrected chi connectivity index (χ1v) is 10.9. The lowest BCUT2D eigenvalue weighted by atomic mass is 9.85. The predicted octanol–water partition coefficient (Wildman–Crippen LogP) is 2.87. The summed E-state index contributed by atoms with van der Waals surface area (Å²) in [6.45, 7) is 13.7. The molecule has 3 rings (SSSR count). The minimum atomic E-state index is 0.0177. The van der Waals surface area contributed by atoms with Crippen molar-refractivity contribution < 1.29 is 0 Å². The molecule has 2 heterocycles. The van der Waals surface area contributed by atoms with Crippen molar-refractivity contribution in [3.63, 3.8) is 0 Å². The summed E-state index contributed by atoms with van der Waals surface area (Å²) >= 11 is 0. The topological polar surface area (TPSA) is 55.8 Å². The van der Waals surface area contributed by atoms with Gasteiger partial charge in [0.15, 0.2) is 5.96 Å². The van der Waals surface area contributed by atoms with Crippen LogP contribution in [0.3, 0.4) is 0 Å². The summed E-state index contributed by atoms with van der Waals surface area (Å²) in [5, 5.41) is 6.86. The van der Waals surface area contributed by atoms with E-state index in [-0.39, 0.29) is 5.41 Å². The van der Waals surface area contributed by atoms with Gasteiger partial charge >= 0.3 is 0 Å². The maximum Gasteiger partial charge on any atom is 0.191 e. The molecule has 6 nitrogen and oxygen atoms in total. The van der Waals surface area contributed by atoms with Crippen LogP contribution in [0.2, 0.25) is 0 Å². The summed E-state index contributed by atoms with van der Waals surface area (Å²) in [5.41, 5.74) is 2.48. The van der Waals surface area contributed by atoms with Crippen LogP contribution in [0.5, 0.6) is 0 Å². The van der Waals surface area contributed by atoms with Crippen molar-refractivity contribution in [3.8, 4) is 0 Å². The van der Waals surface area contributed by atoms with Crippen LogP contribution in [0.4, 0.5) is 5.82 Å². The quantitative estimate of drug-likeness (QED) is 0.545. The summed E-state index contributed by atoms with van der Waals surface area (Å²) in [7, 11) is 1.81. The molecule has 0 atom stereocenters. The lowest BCUT2D eigenvalue weighted by Gasteiger charge is -2.34. The predicted molar refractivity (Wildman–Crippen MR) is 126 cm³/mol. The third-order valence-corrected chi connectivity index (χ3v) is 5.89. The number of rotatable bonds is 7. The van der Waals surface area contributed by atoms with Crippen molar-refractivity contribution in [2.24, 2.45) is 4.99 Å². The number of aromatic nitrogens is 1. The zero-order valence-electron chi connectivity index (χ0n) is 18.9. The minimum Gasteiger partial charge on any atom is -0.356 e. The van der Waals surface area contributed by atoms with Crippen LogP contribution < -0.4 is 15.5 Å². The number of pyridine rings is 1. The molecule has 2 N–H and O–H groups in total. The van der Waals surface area contributed by atoms with E-state index in [1.807, 2.05) is 13.2 Å². The molecule has 162 valence electrons. The first kappa shape index (κ1) is 22.1. The average molecular weight is 409 g/mol. The van der Waals surface area contributed by atoms with Gasteiger partial charge in [-0.2, -0.15) is 0 Å². The van der Waals surface area contributed by atoms with Crippen molar-refractivity contribution in [1.29, 1.82) is 0 Å². The maximum atomic E-state index is 4.69. The summed E-state index contributed by atoms with van der Waals surface area (Å²) in [5.74, 6) is 1.88. The van der Waals surface area contributed by atoms with Gasteiger partial charge in [0.1, 0.15) is 5.82 Å². The molecule has 2 aromatic rings. The van der Waals surface area contributed by atoms with Crippen molar-refractivity contribution >= 4 is 11.8 Å². The first-order valence-electron chi connectivity index (χ1n) is 10.9. The van der Waals surface area contributed by atoms with Gasteiger partial charge in [0.05, 0.1) is 0 Å². The number of nitrogens with zero attached hydrogens (tertiary/aromatic N) is 4. The van der Waals surface area contributed by atoms with Crippen molar-refractivity contribution in [1.82, 2.24) is 20.5 Å². The van der Waals surface area contributed by atoms with Crippen LogP contribution >= 0.6 is 0 Å². The van der Waals surface area contributed by atoms with Gasteiger partial charge in [-0.1, -0.05) is 57.2 Å². The number of likely N-dealkylation sites (N-methyl/N-ethyl adjacent to an activating group) is 1. The Balaban J connectivity index is 1.48. The van der Waals surface area contributed by atoms with Gasteiger partial charge in [-0.25, -0.2) is 4.98 Å². The van der Waals surface area contributed by atoms with Crippen LogP contribution in [0.15, 0.2) is 53.7 Å². The number of aliphatic imine (C=N–C) groups is 1. The molecule has 0 amide bonds. The van der Waals surface area contributed by atoms with Crippen LogP contribution in [-0.4, -0.2) is 62.2 Å². The molecule has 6 heteroatoms. The number of hydrogen-bond donors (Lipinski definition) is 2. The third-order valence-electron chi connectivity index (χ3n) is 5.89. The fourth-order valence-corrected chi connectivity index (χ4v) is 3.70. The number of guanidine groups is 1. The SMILES string of the molecule is CCN1CCN(c2ccc(CNC(=NC)NCC(C)(C)c3ccccc3)cn2)CC1. The standard InChI is InChI=1S/C24H36N6/c1-5-29-13-15-30(16-14-29)22-12-11-20(17-26-22)18-27-23(25-4)28-19-24(2,3)21-9-7-6-8-10-21/h6-12,17H,5,13-16,18-19H2,1-4H3,(H2,25,27,28). The molecule has 0 bridgehead atoms. The minimum absolute atomic E-state index is 0.0177. The van der Waals surface area contributed by atoms with Crippen molar-refractivity contribution in [3.05, 3.63) is 59.8 Å². The monoisotopic (exact) mass is 408 g/mol. The van der Waals surface area contributed by atoms with Gasteiger partial charge in [-0.3, -0.25) is 4.99 Å². The maximum absolute atomic E-state index is 4.69. The Hall–Kier alpha value is -2.60. The van der Waals surface area contributed by atoms with Crippen LogP contribution in [-0.2, 0) is 12.0 Å².